The van der Waals surface area contributed by atoms with E-state index >= 15 is 0 Å². The van der Waals surface area contributed by atoms with Gasteiger partial charge >= 0.3 is 5.97 Å². The Labute approximate surface area is 367 Å². The minimum absolute atomic E-state index is 0.102. The molecule has 0 N–H and O–H groups in total. The van der Waals surface area contributed by atoms with Crippen LogP contribution in [0.3, 0.4) is 0 Å². The van der Waals surface area contributed by atoms with E-state index in [1.807, 2.05) is 0 Å². The van der Waals surface area contributed by atoms with E-state index in [-0.39, 0.29) is 11.9 Å². The van der Waals surface area contributed by atoms with Crippen molar-refractivity contribution in [2.75, 3.05) is 6.61 Å². The second-order valence-corrected chi connectivity index (χ2v) is 18.7. The molecule has 344 valence electrons. The number of rotatable bonds is 49. The number of unbranched alkanes of at least 4 members (excludes halogenated alkanes) is 34. The molecule has 2 heteroatoms. The van der Waals surface area contributed by atoms with E-state index in [1.165, 1.54) is 263 Å². The summed E-state index contributed by atoms with van der Waals surface area (Å²) in [5.74, 6) is 0.922. The van der Waals surface area contributed by atoms with Crippen molar-refractivity contribution in [2.45, 2.75) is 310 Å². The van der Waals surface area contributed by atoms with Crippen molar-refractivity contribution < 1.29 is 9.53 Å². The molecule has 0 aliphatic carbocycles. The fourth-order valence-electron chi connectivity index (χ4n) is 8.82. The normalized spacial score (nSPS) is 13.0. The molecule has 0 saturated carbocycles. The van der Waals surface area contributed by atoms with Crippen molar-refractivity contribution in [3.05, 3.63) is 24.3 Å². The summed E-state index contributed by atoms with van der Waals surface area (Å²) in [7, 11) is 0. The fourth-order valence-corrected chi connectivity index (χ4v) is 8.82. The van der Waals surface area contributed by atoms with E-state index in [0.29, 0.717) is 12.5 Å². The van der Waals surface area contributed by atoms with Crippen LogP contribution in [0.25, 0.3) is 0 Å². The molecule has 0 heterocycles. The van der Waals surface area contributed by atoms with Gasteiger partial charge in [-0.1, -0.05) is 264 Å². The molecule has 0 saturated heterocycles. The molecule has 0 rings (SSSR count). The molecule has 0 bridgehead atoms. The van der Waals surface area contributed by atoms with Gasteiger partial charge in [0.05, 0.1) is 12.5 Å². The Balaban J connectivity index is 4.76. The summed E-state index contributed by atoms with van der Waals surface area (Å²) in [5, 5.41) is 0. The zero-order valence-electron chi connectivity index (χ0n) is 40.6. The number of carbonyl (C=O) groups is 1. The second kappa shape index (κ2) is 50.3. The summed E-state index contributed by atoms with van der Waals surface area (Å²) in [6.45, 7) is 9.84. The van der Waals surface area contributed by atoms with Crippen molar-refractivity contribution in [3.8, 4) is 0 Å². The maximum atomic E-state index is 13.7. The van der Waals surface area contributed by atoms with Gasteiger partial charge in [-0.15, -0.1) is 0 Å². The SMILES string of the molecule is CCCCCCCC/C=C\CCCCCCCCOC(=O)C(CCCCCC/C=C\CCCCCCCC)CC(CCCCCCCC)CCCCCCCCCC. The minimum Gasteiger partial charge on any atom is -0.465 e. The Bertz CT molecular complexity index is 828. The largest absolute Gasteiger partial charge is 0.465 e. The van der Waals surface area contributed by atoms with Crippen LogP contribution in [0.5, 0.6) is 0 Å². The van der Waals surface area contributed by atoms with Crippen LogP contribution < -0.4 is 0 Å². The van der Waals surface area contributed by atoms with Gasteiger partial charge in [0.2, 0.25) is 0 Å². The average molecular weight is 813 g/mol. The molecule has 2 atom stereocenters. The summed E-state index contributed by atoms with van der Waals surface area (Å²) in [4.78, 5) is 13.7. The van der Waals surface area contributed by atoms with Gasteiger partial charge in [-0.05, 0) is 76.5 Å². The van der Waals surface area contributed by atoms with Crippen molar-refractivity contribution in [1.29, 1.82) is 0 Å². The molecule has 0 aromatic carbocycles. The highest BCUT2D eigenvalue weighted by Gasteiger charge is 2.24. The zero-order chi connectivity index (χ0) is 42.1. The minimum atomic E-state index is 0.102. The Hall–Kier alpha value is -1.05. The van der Waals surface area contributed by atoms with Crippen LogP contribution in [0.2, 0.25) is 0 Å². The summed E-state index contributed by atoms with van der Waals surface area (Å²) >= 11 is 0. The Morgan fingerprint density at radius 1 is 0.345 bits per heavy atom. The highest BCUT2D eigenvalue weighted by Crippen LogP contribution is 2.29. The lowest BCUT2D eigenvalue weighted by Crippen LogP contribution is -2.22. The molecule has 2 nitrogen and oxygen atoms in total. The lowest BCUT2D eigenvalue weighted by Gasteiger charge is -2.23. The first-order valence-corrected chi connectivity index (χ1v) is 27.2. The predicted molar refractivity (Wildman–Crippen MR) is 262 cm³/mol. The van der Waals surface area contributed by atoms with E-state index in [1.54, 1.807) is 0 Å². The van der Waals surface area contributed by atoms with Gasteiger partial charge in [0.25, 0.3) is 0 Å². The molecular weight excluding hydrogens is 705 g/mol. The highest BCUT2D eigenvalue weighted by atomic mass is 16.5. The number of hydrogen-bond donors (Lipinski definition) is 0. The van der Waals surface area contributed by atoms with E-state index in [2.05, 4.69) is 52.0 Å². The average Bonchev–Trinajstić information content (AvgIpc) is 3.23. The monoisotopic (exact) mass is 813 g/mol. The third-order valence-electron chi connectivity index (χ3n) is 12.8. The fraction of sp³-hybridized carbons (Fsp3) is 0.911. The molecule has 0 aliphatic rings. The lowest BCUT2D eigenvalue weighted by molar-refractivity contribution is -0.149. The van der Waals surface area contributed by atoms with E-state index < -0.39 is 0 Å². The molecule has 58 heavy (non-hydrogen) atoms. The van der Waals surface area contributed by atoms with Crippen molar-refractivity contribution >= 4 is 5.97 Å². The van der Waals surface area contributed by atoms with Gasteiger partial charge in [0, 0.05) is 0 Å². The molecular formula is C56H108O2. The van der Waals surface area contributed by atoms with Gasteiger partial charge in [0.15, 0.2) is 0 Å². The number of carbonyl (C=O) groups excluding carboxylic acids is 1. The van der Waals surface area contributed by atoms with Crippen LogP contribution >= 0.6 is 0 Å². The maximum Gasteiger partial charge on any atom is 0.308 e. The molecule has 0 aromatic heterocycles. The summed E-state index contributed by atoms with van der Waals surface area (Å²) in [6, 6.07) is 0. The first-order valence-electron chi connectivity index (χ1n) is 27.2. The summed E-state index contributed by atoms with van der Waals surface area (Å²) < 4.78 is 6.10. The summed E-state index contributed by atoms with van der Waals surface area (Å²) in [6.07, 6.45) is 67.8. The van der Waals surface area contributed by atoms with Gasteiger partial charge in [-0.3, -0.25) is 4.79 Å². The van der Waals surface area contributed by atoms with Crippen molar-refractivity contribution in [2.24, 2.45) is 11.8 Å². The maximum absolute atomic E-state index is 13.7. The Kier molecular flexibility index (Phi) is 49.4. The third-order valence-corrected chi connectivity index (χ3v) is 12.8. The number of allylic oxidation sites excluding steroid dienone is 4. The smallest absolute Gasteiger partial charge is 0.308 e. The van der Waals surface area contributed by atoms with Crippen LogP contribution in [0.1, 0.15) is 310 Å². The van der Waals surface area contributed by atoms with Crippen molar-refractivity contribution in [1.82, 2.24) is 0 Å². The van der Waals surface area contributed by atoms with Gasteiger partial charge in [-0.25, -0.2) is 0 Å². The number of esters is 1. The molecule has 0 fully saturated rings. The quantitative estimate of drug-likeness (QED) is 0.0347. The first-order chi connectivity index (χ1) is 28.7. The van der Waals surface area contributed by atoms with Crippen LogP contribution in [0.15, 0.2) is 24.3 Å². The molecule has 0 amide bonds. The third kappa shape index (κ3) is 44.5. The molecule has 2 unspecified atom stereocenters. The Morgan fingerprint density at radius 3 is 0.966 bits per heavy atom. The van der Waals surface area contributed by atoms with Crippen LogP contribution in [0.4, 0.5) is 0 Å². The second-order valence-electron chi connectivity index (χ2n) is 18.7. The Morgan fingerprint density at radius 2 is 0.621 bits per heavy atom. The molecule has 0 aromatic rings. The summed E-state index contributed by atoms with van der Waals surface area (Å²) in [5.41, 5.74) is 0. The van der Waals surface area contributed by atoms with Gasteiger partial charge in [0.1, 0.15) is 0 Å². The zero-order valence-corrected chi connectivity index (χ0v) is 40.6. The first kappa shape index (κ1) is 57.0. The standard InChI is InChI=1S/C56H108O2/c1-5-9-13-17-21-24-26-28-30-31-33-35-37-40-44-48-52-58-56(57)55(51-47-43-39-36-34-32-29-27-25-22-18-14-10-6-2)53-54(49-45-41-20-16-12-8-4)50-46-42-38-23-19-15-11-7-3/h28-30,32,54-55H,5-27,31,33-53H2,1-4H3/b30-28-,32-29-. The highest BCUT2D eigenvalue weighted by molar-refractivity contribution is 5.72. The molecule has 0 spiro atoms. The van der Waals surface area contributed by atoms with Crippen LogP contribution in [-0.2, 0) is 9.53 Å². The van der Waals surface area contributed by atoms with Crippen molar-refractivity contribution in [3.63, 3.8) is 0 Å². The molecule has 0 aliphatic heterocycles. The predicted octanol–water partition coefficient (Wildman–Crippen LogP) is 20.1. The molecule has 0 radical (unpaired) electrons. The lowest BCUT2D eigenvalue weighted by atomic mass is 9.84. The van der Waals surface area contributed by atoms with Crippen LogP contribution in [-0.4, -0.2) is 12.6 Å². The van der Waals surface area contributed by atoms with E-state index in [9.17, 15) is 4.79 Å². The number of hydrogen-bond acceptors (Lipinski definition) is 2. The van der Waals surface area contributed by atoms with Gasteiger partial charge in [-0.2, -0.15) is 0 Å². The van der Waals surface area contributed by atoms with Crippen LogP contribution in [0, 0.1) is 11.8 Å². The van der Waals surface area contributed by atoms with E-state index in [4.69, 9.17) is 4.74 Å². The topological polar surface area (TPSA) is 26.3 Å². The van der Waals surface area contributed by atoms with Gasteiger partial charge < -0.3 is 4.74 Å². The number of ether oxygens (including phenoxy) is 1. The van der Waals surface area contributed by atoms with E-state index in [0.717, 1.165) is 19.3 Å².